The molecule has 3 N–H and O–H groups in total. The van der Waals surface area contributed by atoms with E-state index in [4.69, 9.17) is 5.73 Å². The van der Waals surface area contributed by atoms with Gasteiger partial charge >= 0.3 is 0 Å². The summed E-state index contributed by atoms with van der Waals surface area (Å²) >= 11 is 0. The van der Waals surface area contributed by atoms with Crippen molar-refractivity contribution >= 4 is 21.4 Å². The summed E-state index contributed by atoms with van der Waals surface area (Å²) in [5.74, 6) is 0.0869. The molecule has 0 aliphatic rings. The van der Waals surface area contributed by atoms with Gasteiger partial charge in [0.25, 0.3) is 0 Å². The molecule has 1 aromatic carbocycles. The van der Waals surface area contributed by atoms with E-state index in [9.17, 15) is 13.2 Å². The second-order valence-corrected chi connectivity index (χ2v) is 7.07. The highest BCUT2D eigenvalue weighted by atomic mass is 32.2. The van der Waals surface area contributed by atoms with E-state index in [2.05, 4.69) is 5.32 Å². The van der Waals surface area contributed by atoms with Gasteiger partial charge in [0.15, 0.2) is 9.84 Å². The van der Waals surface area contributed by atoms with Crippen LogP contribution in [0.15, 0.2) is 29.2 Å². The van der Waals surface area contributed by atoms with Crippen LogP contribution in [0, 0.1) is 5.92 Å². The summed E-state index contributed by atoms with van der Waals surface area (Å²) in [6.45, 7) is 4.09. The van der Waals surface area contributed by atoms with Gasteiger partial charge in [0.05, 0.1) is 16.3 Å². The van der Waals surface area contributed by atoms with Crippen molar-refractivity contribution in [3.63, 3.8) is 0 Å². The predicted molar refractivity (Wildman–Crippen MR) is 80.3 cm³/mol. The van der Waals surface area contributed by atoms with Crippen LogP contribution in [0.25, 0.3) is 0 Å². The summed E-state index contributed by atoms with van der Waals surface area (Å²) in [4.78, 5) is 12.0. The Kier molecular flexibility index (Phi) is 6.16. The molecule has 5 nitrogen and oxygen atoms in total. The summed E-state index contributed by atoms with van der Waals surface area (Å²) in [6, 6.07) is 6.46. The molecule has 1 amide bonds. The van der Waals surface area contributed by atoms with E-state index in [1.54, 1.807) is 25.1 Å². The SMILES string of the molecule is CCS(=O)(=O)c1ccccc1NC(=O)CCC(C)CN. The van der Waals surface area contributed by atoms with Crippen molar-refractivity contribution in [2.45, 2.75) is 31.6 Å². The number of nitrogens with one attached hydrogen (secondary N) is 1. The first-order valence-corrected chi connectivity index (χ1v) is 8.37. The molecule has 6 heteroatoms. The van der Waals surface area contributed by atoms with Gasteiger partial charge in [-0.25, -0.2) is 8.42 Å². The molecule has 1 unspecified atom stereocenters. The zero-order valence-electron chi connectivity index (χ0n) is 11.9. The number of hydrogen-bond acceptors (Lipinski definition) is 4. The molecule has 0 aliphatic carbocycles. The van der Waals surface area contributed by atoms with Gasteiger partial charge in [-0.1, -0.05) is 26.0 Å². The first-order chi connectivity index (χ1) is 9.40. The molecule has 0 bridgehead atoms. The molecule has 0 spiro atoms. The Bertz CT molecular complexity index is 555. The lowest BCUT2D eigenvalue weighted by molar-refractivity contribution is -0.116. The highest BCUT2D eigenvalue weighted by molar-refractivity contribution is 7.91. The van der Waals surface area contributed by atoms with E-state index < -0.39 is 9.84 Å². The first kappa shape index (κ1) is 16.7. The smallest absolute Gasteiger partial charge is 0.224 e. The fourth-order valence-electron chi connectivity index (χ4n) is 1.70. The van der Waals surface area contributed by atoms with Gasteiger partial charge in [-0.05, 0) is 31.0 Å². The Morgan fingerprint density at radius 1 is 1.35 bits per heavy atom. The highest BCUT2D eigenvalue weighted by Crippen LogP contribution is 2.22. The second kappa shape index (κ2) is 7.40. The Morgan fingerprint density at radius 3 is 2.60 bits per heavy atom. The van der Waals surface area contributed by atoms with E-state index in [-0.39, 0.29) is 22.5 Å². The van der Waals surface area contributed by atoms with Gasteiger partial charge in [-0.3, -0.25) is 4.79 Å². The Labute approximate surface area is 120 Å². The third kappa shape index (κ3) is 4.61. The molecule has 112 valence electrons. The zero-order valence-corrected chi connectivity index (χ0v) is 12.7. The molecule has 1 atom stereocenters. The standard InChI is InChI=1S/C14H22N2O3S/c1-3-20(18,19)13-7-5-4-6-12(13)16-14(17)9-8-11(2)10-15/h4-7,11H,3,8-10,15H2,1-2H3,(H,16,17). The Balaban J connectivity index is 2.81. The monoisotopic (exact) mass is 298 g/mol. The minimum Gasteiger partial charge on any atom is -0.330 e. The van der Waals surface area contributed by atoms with E-state index in [0.29, 0.717) is 25.1 Å². The number of nitrogens with two attached hydrogens (primary N) is 1. The largest absolute Gasteiger partial charge is 0.330 e. The molecule has 0 aliphatic heterocycles. The molecular weight excluding hydrogens is 276 g/mol. The maximum Gasteiger partial charge on any atom is 0.224 e. The molecule has 0 saturated carbocycles. The van der Waals surface area contributed by atoms with Crippen molar-refractivity contribution in [3.8, 4) is 0 Å². The van der Waals surface area contributed by atoms with Crippen LogP contribution in [0.3, 0.4) is 0 Å². The minimum absolute atomic E-state index is 0.00406. The third-order valence-electron chi connectivity index (χ3n) is 3.14. The number of hydrogen-bond donors (Lipinski definition) is 2. The number of anilines is 1. The van der Waals surface area contributed by atoms with E-state index >= 15 is 0 Å². The number of amides is 1. The number of carbonyl (C=O) groups excluding carboxylic acids is 1. The molecule has 0 heterocycles. The molecular formula is C14H22N2O3S. The average Bonchev–Trinajstić information content (AvgIpc) is 2.45. The predicted octanol–water partition coefficient (Wildman–Crippen LogP) is 1.79. The molecule has 1 aromatic rings. The van der Waals surface area contributed by atoms with Gasteiger partial charge in [0.2, 0.25) is 5.91 Å². The Hall–Kier alpha value is -1.40. The maximum atomic E-state index is 11.9. The van der Waals surface area contributed by atoms with Crippen LogP contribution in [-0.4, -0.2) is 26.6 Å². The van der Waals surface area contributed by atoms with E-state index in [0.717, 1.165) is 0 Å². The van der Waals surface area contributed by atoms with E-state index in [1.165, 1.54) is 6.07 Å². The number of para-hydroxylation sites is 1. The third-order valence-corrected chi connectivity index (χ3v) is 4.93. The number of sulfone groups is 1. The molecule has 0 saturated heterocycles. The zero-order chi connectivity index (χ0) is 15.2. The second-order valence-electron chi connectivity index (χ2n) is 4.83. The lowest BCUT2D eigenvalue weighted by atomic mass is 10.1. The average molecular weight is 298 g/mol. The van der Waals surface area contributed by atoms with Crippen molar-refractivity contribution in [1.29, 1.82) is 0 Å². The fraction of sp³-hybridized carbons (Fsp3) is 0.500. The topological polar surface area (TPSA) is 89.3 Å². The van der Waals surface area contributed by atoms with Gasteiger partial charge in [0, 0.05) is 6.42 Å². The van der Waals surface area contributed by atoms with Crippen LogP contribution in [0.4, 0.5) is 5.69 Å². The first-order valence-electron chi connectivity index (χ1n) is 6.72. The highest BCUT2D eigenvalue weighted by Gasteiger charge is 2.17. The van der Waals surface area contributed by atoms with Gasteiger partial charge in [0.1, 0.15) is 0 Å². The number of benzene rings is 1. The Morgan fingerprint density at radius 2 is 2.00 bits per heavy atom. The van der Waals surface area contributed by atoms with Gasteiger partial charge < -0.3 is 11.1 Å². The van der Waals surface area contributed by atoms with Gasteiger partial charge in [-0.15, -0.1) is 0 Å². The van der Waals surface area contributed by atoms with Crippen molar-refractivity contribution in [2.75, 3.05) is 17.6 Å². The lowest BCUT2D eigenvalue weighted by Crippen LogP contribution is -2.18. The minimum atomic E-state index is -3.35. The lowest BCUT2D eigenvalue weighted by Gasteiger charge is -2.12. The van der Waals surface area contributed by atoms with Crippen molar-refractivity contribution in [3.05, 3.63) is 24.3 Å². The summed E-state index contributed by atoms with van der Waals surface area (Å²) < 4.78 is 23.9. The summed E-state index contributed by atoms with van der Waals surface area (Å²) in [5.41, 5.74) is 5.85. The molecule has 1 rings (SSSR count). The molecule has 0 aromatic heterocycles. The quantitative estimate of drug-likeness (QED) is 0.803. The van der Waals surface area contributed by atoms with Crippen molar-refractivity contribution in [1.82, 2.24) is 0 Å². The van der Waals surface area contributed by atoms with E-state index in [1.807, 2.05) is 6.92 Å². The van der Waals surface area contributed by atoms with Gasteiger partial charge in [-0.2, -0.15) is 0 Å². The van der Waals surface area contributed by atoms with Crippen LogP contribution in [0.1, 0.15) is 26.7 Å². The van der Waals surface area contributed by atoms with Crippen molar-refractivity contribution < 1.29 is 13.2 Å². The number of rotatable bonds is 7. The van der Waals surface area contributed by atoms with Crippen LogP contribution >= 0.6 is 0 Å². The maximum absolute atomic E-state index is 11.9. The summed E-state index contributed by atoms with van der Waals surface area (Å²) in [5, 5.41) is 2.67. The molecule has 0 fully saturated rings. The van der Waals surface area contributed by atoms with Crippen LogP contribution < -0.4 is 11.1 Å². The molecule has 20 heavy (non-hydrogen) atoms. The number of carbonyl (C=O) groups is 1. The van der Waals surface area contributed by atoms with Crippen LogP contribution in [-0.2, 0) is 14.6 Å². The summed E-state index contributed by atoms with van der Waals surface area (Å²) in [7, 11) is -3.35. The van der Waals surface area contributed by atoms with Crippen LogP contribution in [0.2, 0.25) is 0 Å². The summed E-state index contributed by atoms with van der Waals surface area (Å²) in [6.07, 6.45) is 1.02. The fourth-order valence-corrected chi connectivity index (χ4v) is 2.76. The molecule has 0 radical (unpaired) electrons. The van der Waals surface area contributed by atoms with Crippen LogP contribution in [0.5, 0.6) is 0 Å². The van der Waals surface area contributed by atoms with Crippen molar-refractivity contribution in [2.24, 2.45) is 11.7 Å². The normalized spacial score (nSPS) is 12.9.